The number of fused-ring (bicyclic) bond motifs is 1. The summed E-state index contributed by atoms with van der Waals surface area (Å²) < 4.78 is 14.6. The third-order valence-corrected chi connectivity index (χ3v) is 6.09. The molecule has 0 saturated carbocycles. The standard InChI is InChI=1S/C23H30N4O2S/c1-26(14-18-9-10-21-22(13-18)25-30-24-21)15-19-7-3-4-8-23(19)29-17-20(28)16-27-11-5-2-6-12-27/h3-4,7-10,13,20,28H,2,5-6,11-12,14-17H2,1H3. The maximum absolute atomic E-state index is 10.4. The average Bonchev–Trinajstić information content (AvgIpc) is 3.22. The van der Waals surface area contributed by atoms with E-state index in [1.165, 1.54) is 36.6 Å². The van der Waals surface area contributed by atoms with Crippen molar-refractivity contribution in [2.24, 2.45) is 0 Å². The van der Waals surface area contributed by atoms with E-state index in [0.717, 1.165) is 48.5 Å². The summed E-state index contributed by atoms with van der Waals surface area (Å²) in [5, 5.41) is 10.4. The van der Waals surface area contributed by atoms with E-state index in [1.54, 1.807) is 0 Å². The molecule has 30 heavy (non-hydrogen) atoms. The van der Waals surface area contributed by atoms with Gasteiger partial charge >= 0.3 is 0 Å². The Labute approximate surface area is 182 Å². The molecule has 0 aliphatic carbocycles. The molecule has 1 saturated heterocycles. The van der Waals surface area contributed by atoms with Crippen molar-refractivity contribution in [1.29, 1.82) is 0 Å². The molecule has 2 heterocycles. The quantitative estimate of drug-likeness (QED) is 0.565. The van der Waals surface area contributed by atoms with Crippen LogP contribution in [0.25, 0.3) is 11.0 Å². The second-order valence-electron chi connectivity index (χ2n) is 8.19. The fraction of sp³-hybridized carbons (Fsp3) is 0.478. The Morgan fingerprint density at radius 2 is 1.87 bits per heavy atom. The molecule has 1 aromatic heterocycles. The normalized spacial score (nSPS) is 16.2. The molecule has 0 radical (unpaired) electrons. The first-order valence-electron chi connectivity index (χ1n) is 10.7. The van der Waals surface area contributed by atoms with Crippen molar-refractivity contribution in [2.75, 3.05) is 33.3 Å². The van der Waals surface area contributed by atoms with Gasteiger partial charge in [0.25, 0.3) is 0 Å². The molecular weight excluding hydrogens is 396 g/mol. The number of β-amino-alcohol motifs (C(OH)–C–C–N with tert-alkyl or cyclic N) is 1. The minimum atomic E-state index is -0.465. The smallest absolute Gasteiger partial charge is 0.123 e. The molecule has 2 aromatic carbocycles. The minimum Gasteiger partial charge on any atom is -0.491 e. The van der Waals surface area contributed by atoms with E-state index < -0.39 is 6.10 Å². The average molecular weight is 427 g/mol. The van der Waals surface area contributed by atoms with Crippen LogP contribution in [-0.2, 0) is 13.1 Å². The van der Waals surface area contributed by atoms with Crippen molar-refractivity contribution in [2.45, 2.75) is 38.5 Å². The van der Waals surface area contributed by atoms with Gasteiger partial charge in [0.1, 0.15) is 29.5 Å². The summed E-state index contributed by atoms with van der Waals surface area (Å²) in [4.78, 5) is 4.60. The Bertz CT molecular complexity index is 942. The molecule has 1 fully saturated rings. The second-order valence-corrected chi connectivity index (χ2v) is 8.72. The first-order chi connectivity index (χ1) is 14.7. The molecule has 1 aliphatic heterocycles. The lowest BCUT2D eigenvalue weighted by molar-refractivity contribution is 0.0612. The molecule has 1 aliphatic rings. The molecule has 3 aromatic rings. The number of para-hydroxylation sites is 1. The van der Waals surface area contributed by atoms with Crippen molar-refractivity contribution in [3.05, 3.63) is 53.6 Å². The highest BCUT2D eigenvalue weighted by molar-refractivity contribution is 7.00. The molecule has 0 bridgehead atoms. The Balaban J connectivity index is 1.31. The summed E-state index contributed by atoms with van der Waals surface area (Å²) in [5.41, 5.74) is 4.25. The number of benzene rings is 2. The summed E-state index contributed by atoms with van der Waals surface area (Å²) in [7, 11) is 2.10. The fourth-order valence-electron chi connectivity index (χ4n) is 4.04. The topological polar surface area (TPSA) is 61.7 Å². The predicted molar refractivity (Wildman–Crippen MR) is 121 cm³/mol. The van der Waals surface area contributed by atoms with E-state index in [2.05, 4.69) is 43.8 Å². The molecule has 7 heteroatoms. The first kappa shape index (κ1) is 21.2. The lowest BCUT2D eigenvalue weighted by atomic mass is 10.1. The van der Waals surface area contributed by atoms with Crippen LogP contribution in [0.4, 0.5) is 0 Å². The monoisotopic (exact) mass is 426 g/mol. The van der Waals surface area contributed by atoms with Gasteiger partial charge in [0.05, 0.1) is 11.7 Å². The van der Waals surface area contributed by atoms with Crippen LogP contribution in [0.5, 0.6) is 5.75 Å². The zero-order valence-corrected chi connectivity index (χ0v) is 18.4. The van der Waals surface area contributed by atoms with Gasteiger partial charge in [0.2, 0.25) is 0 Å². The van der Waals surface area contributed by atoms with E-state index in [4.69, 9.17) is 4.74 Å². The maximum Gasteiger partial charge on any atom is 0.123 e. The van der Waals surface area contributed by atoms with Crippen LogP contribution in [0.15, 0.2) is 42.5 Å². The number of hydrogen-bond donors (Lipinski definition) is 1. The number of ether oxygens (including phenoxy) is 1. The summed E-state index contributed by atoms with van der Waals surface area (Å²) in [6, 6.07) is 14.4. The molecule has 6 nitrogen and oxygen atoms in total. The number of likely N-dealkylation sites (tertiary alicyclic amines) is 1. The van der Waals surface area contributed by atoms with Gasteiger partial charge in [-0.05, 0) is 56.7 Å². The van der Waals surface area contributed by atoms with Crippen LogP contribution in [0.2, 0.25) is 0 Å². The Morgan fingerprint density at radius 1 is 1.07 bits per heavy atom. The Morgan fingerprint density at radius 3 is 2.73 bits per heavy atom. The van der Waals surface area contributed by atoms with Gasteiger partial charge in [-0.25, -0.2) is 0 Å². The van der Waals surface area contributed by atoms with E-state index >= 15 is 0 Å². The molecule has 4 rings (SSSR count). The zero-order valence-electron chi connectivity index (χ0n) is 17.5. The zero-order chi connectivity index (χ0) is 20.8. The number of hydrogen-bond acceptors (Lipinski definition) is 7. The molecule has 1 N–H and O–H groups in total. The lowest BCUT2D eigenvalue weighted by Crippen LogP contribution is -2.38. The van der Waals surface area contributed by atoms with E-state index in [-0.39, 0.29) is 0 Å². The largest absolute Gasteiger partial charge is 0.491 e. The summed E-state index contributed by atoms with van der Waals surface area (Å²) >= 11 is 1.25. The number of aliphatic hydroxyl groups is 1. The molecular formula is C23H30N4O2S. The van der Waals surface area contributed by atoms with Gasteiger partial charge in [-0.1, -0.05) is 30.7 Å². The Hall–Kier alpha value is -2.06. The molecule has 0 spiro atoms. The van der Waals surface area contributed by atoms with Crippen molar-refractivity contribution >= 4 is 22.8 Å². The molecule has 0 amide bonds. The number of aliphatic hydroxyl groups excluding tert-OH is 1. The van der Waals surface area contributed by atoms with Crippen molar-refractivity contribution in [3.8, 4) is 5.75 Å². The van der Waals surface area contributed by atoms with Crippen LogP contribution >= 0.6 is 11.7 Å². The molecule has 1 atom stereocenters. The number of aromatic nitrogens is 2. The number of piperidine rings is 1. The fourth-order valence-corrected chi connectivity index (χ4v) is 4.56. The van der Waals surface area contributed by atoms with Gasteiger partial charge < -0.3 is 14.7 Å². The summed E-state index contributed by atoms with van der Waals surface area (Å²) in [5.74, 6) is 0.848. The van der Waals surface area contributed by atoms with Gasteiger partial charge in [0, 0.05) is 25.2 Å². The van der Waals surface area contributed by atoms with Crippen LogP contribution in [-0.4, -0.2) is 63.0 Å². The minimum absolute atomic E-state index is 0.324. The third kappa shape index (κ3) is 5.76. The highest BCUT2D eigenvalue weighted by atomic mass is 32.1. The highest BCUT2D eigenvalue weighted by Crippen LogP contribution is 2.21. The molecule has 160 valence electrons. The second kappa shape index (κ2) is 10.3. The van der Waals surface area contributed by atoms with Gasteiger partial charge in [0.15, 0.2) is 0 Å². The van der Waals surface area contributed by atoms with Gasteiger partial charge in [-0.15, -0.1) is 0 Å². The summed E-state index contributed by atoms with van der Waals surface area (Å²) in [6.45, 7) is 4.77. The van der Waals surface area contributed by atoms with Gasteiger partial charge in [-0.2, -0.15) is 8.75 Å². The van der Waals surface area contributed by atoms with Crippen LogP contribution in [0.3, 0.4) is 0 Å². The van der Waals surface area contributed by atoms with Crippen LogP contribution < -0.4 is 4.74 Å². The maximum atomic E-state index is 10.4. The van der Waals surface area contributed by atoms with Crippen LogP contribution in [0, 0.1) is 0 Å². The van der Waals surface area contributed by atoms with Crippen LogP contribution in [0.1, 0.15) is 30.4 Å². The van der Waals surface area contributed by atoms with Crippen molar-refractivity contribution in [3.63, 3.8) is 0 Å². The molecule has 1 unspecified atom stereocenters. The van der Waals surface area contributed by atoms with E-state index in [1.807, 2.05) is 24.3 Å². The highest BCUT2D eigenvalue weighted by Gasteiger charge is 2.16. The third-order valence-electron chi connectivity index (χ3n) is 5.53. The van der Waals surface area contributed by atoms with Gasteiger partial charge in [-0.3, -0.25) is 4.90 Å². The Kier molecular flexibility index (Phi) is 7.28. The number of nitrogens with zero attached hydrogens (tertiary/aromatic N) is 4. The summed E-state index contributed by atoms with van der Waals surface area (Å²) in [6.07, 6.45) is 3.30. The van der Waals surface area contributed by atoms with Crippen molar-refractivity contribution in [1.82, 2.24) is 18.5 Å². The van der Waals surface area contributed by atoms with Crippen molar-refractivity contribution < 1.29 is 9.84 Å². The predicted octanol–water partition coefficient (Wildman–Crippen LogP) is 3.55. The first-order valence-corrected chi connectivity index (χ1v) is 11.4. The SMILES string of the molecule is CN(Cc1ccc2nsnc2c1)Cc1ccccc1OCC(O)CN1CCCCC1. The van der Waals surface area contributed by atoms with E-state index in [9.17, 15) is 5.11 Å². The number of rotatable bonds is 9. The lowest BCUT2D eigenvalue weighted by Gasteiger charge is -2.28. The van der Waals surface area contributed by atoms with E-state index in [0.29, 0.717) is 13.2 Å².